The van der Waals surface area contributed by atoms with Gasteiger partial charge in [0.25, 0.3) is 0 Å². The predicted octanol–water partition coefficient (Wildman–Crippen LogP) is 3.60. The summed E-state index contributed by atoms with van der Waals surface area (Å²) < 4.78 is 10.9. The van der Waals surface area contributed by atoms with Crippen molar-refractivity contribution in [1.29, 1.82) is 0 Å². The van der Waals surface area contributed by atoms with E-state index in [2.05, 4.69) is 4.98 Å². The first kappa shape index (κ1) is 7.93. The minimum absolute atomic E-state index is 0.638. The molecule has 3 heteroatoms. The van der Waals surface area contributed by atoms with Gasteiger partial charge in [0.05, 0.1) is 0 Å². The Morgan fingerprint density at radius 3 is 2.75 bits per heavy atom. The quantitative estimate of drug-likeness (QED) is 0.449. The molecular formula is C13H7NO2. The van der Waals surface area contributed by atoms with Gasteiger partial charge in [0.1, 0.15) is 5.52 Å². The maximum atomic E-state index is 5.67. The van der Waals surface area contributed by atoms with E-state index >= 15 is 0 Å². The van der Waals surface area contributed by atoms with Gasteiger partial charge in [-0.2, -0.15) is 0 Å². The monoisotopic (exact) mass is 209 g/mol. The number of aromatic nitrogens is 1. The van der Waals surface area contributed by atoms with Gasteiger partial charge in [-0.15, -0.1) is 0 Å². The van der Waals surface area contributed by atoms with Crippen LogP contribution in [0.1, 0.15) is 0 Å². The Bertz CT molecular complexity index is 667. The maximum absolute atomic E-state index is 5.67. The highest BCUT2D eigenvalue weighted by molar-refractivity contribution is 5.77. The van der Waals surface area contributed by atoms with Crippen molar-refractivity contribution in [2.75, 3.05) is 0 Å². The molecule has 0 saturated heterocycles. The molecule has 0 saturated carbocycles. The van der Waals surface area contributed by atoms with Crippen LogP contribution in [0.5, 0.6) is 11.5 Å². The molecule has 2 aromatic carbocycles. The van der Waals surface area contributed by atoms with E-state index in [0.717, 1.165) is 28.2 Å². The molecule has 4 rings (SSSR count). The Labute approximate surface area is 91.3 Å². The molecule has 0 radical (unpaired) electrons. The molecule has 0 spiro atoms. The third-order valence-corrected chi connectivity index (χ3v) is 2.66. The Morgan fingerprint density at radius 1 is 0.938 bits per heavy atom. The predicted molar refractivity (Wildman–Crippen MR) is 59.5 cm³/mol. The first-order valence-electron chi connectivity index (χ1n) is 5.08. The average Bonchev–Trinajstić information content (AvgIpc) is 2.97. The minimum Gasteiger partial charge on any atom is -0.449 e. The Morgan fingerprint density at radius 2 is 1.88 bits per heavy atom. The summed E-state index contributed by atoms with van der Waals surface area (Å²) in [6.07, 6.45) is 0. The van der Waals surface area contributed by atoms with E-state index in [1.807, 2.05) is 42.5 Å². The lowest BCUT2D eigenvalue weighted by atomic mass is 10.2. The Balaban J connectivity index is 1.93. The highest BCUT2D eigenvalue weighted by Crippen LogP contribution is 2.46. The second-order valence-corrected chi connectivity index (χ2v) is 3.75. The number of hydrogen-bond acceptors (Lipinski definition) is 3. The third-order valence-electron chi connectivity index (χ3n) is 2.66. The van der Waals surface area contributed by atoms with E-state index < -0.39 is 0 Å². The van der Waals surface area contributed by atoms with Crippen LogP contribution < -0.4 is 4.74 Å². The molecule has 3 aromatic rings. The number of benzene rings is 2. The lowest BCUT2D eigenvalue weighted by molar-refractivity contribution is 0.619. The lowest BCUT2D eigenvalue weighted by Crippen LogP contribution is -1.72. The molecule has 76 valence electrons. The lowest BCUT2D eigenvalue weighted by Gasteiger charge is -1.89. The van der Waals surface area contributed by atoms with E-state index in [9.17, 15) is 0 Å². The van der Waals surface area contributed by atoms with Crippen LogP contribution in [-0.4, -0.2) is 4.98 Å². The number of para-hydroxylation sites is 2. The molecule has 2 heterocycles. The summed E-state index contributed by atoms with van der Waals surface area (Å²) in [6, 6.07) is 13.6. The van der Waals surface area contributed by atoms with Crippen molar-refractivity contribution in [3.8, 4) is 23.0 Å². The zero-order valence-electron chi connectivity index (χ0n) is 8.31. The first-order chi connectivity index (χ1) is 7.90. The largest absolute Gasteiger partial charge is 0.449 e. The fourth-order valence-electron chi connectivity index (χ4n) is 1.79. The zero-order chi connectivity index (χ0) is 10.5. The van der Waals surface area contributed by atoms with Crippen LogP contribution in [0.2, 0.25) is 0 Å². The third kappa shape index (κ3) is 1.05. The highest BCUT2D eigenvalue weighted by atomic mass is 16.6. The number of rotatable bonds is 1. The van der Waals surface area contributed by atoms with Crippen LogP contribution in [-0.2, 0) is 0 Å². The topological polar surface area (TPSA) is 38.6 Å². The number of ether oxygens (including phenoxy) is 1. The molecule has 0 N–H and O–H groups in total. The van der Waals surface area contributed by atoms with Gasteiger partial charge in [0.15, 0.2) is 17.1 Å². The summed E-state index contributed by atoms with van der Waals surface area (Å²) in [5.41, 5.74) is 2.64. The molecule has 0 aliphatic carbocycles. The van der Waals surface area contributed by atoms with Gasteiger partial charge in [-0.05, 0) is 30.3 Å². The van der Waals surface area contributed by atoms with Crippen LogP contribution in [0.15, 0.2) is 46.9 Å². The van der Waals surface area contributed by atoms with Crippen LogP contribution in [0.4, 0.5) is 0 Å². The van der Waals surface area contributed by atoms with Crippen molar-refractivity contribution >= 4 is 11.1 Å². The second kappa shape index (κ2) is 2.64. The van der Waals surface area contributed by atoms with Crippen molar-refractivity contribution in [3.63, 3.8) is 0 Å². The molecule has 1 aliphatic rings. The minimum atomic E-state index is 0.638. The molecule has 0 unspecified atom stereocenters. The summed E-state index contributed by atoms with van der Waals surface area (Å²) >= 11 is 0. The summed E-state index contributed by atoms with van der Waals surface area (Å²) in [6.45, 7) is 0. The first-order valence-corrected chi connectivity index (χ1v) is 5.08. The number of hydrogen-bond donors (Lipinski definition) is 0. The molecule has 16 heavy (non-hydrogen) atoms. The smallest absolute Gasteiger partial charge is 0.227 e. The summed E-state index contributed by atoms with van der Waals surface area (Å²) in [5, 5.41) is 0. The normalized spacial score (nSPS) is 12.2. The average molecular weight is 209 g/mol. The number of oxazole rings is 1. The Hall–Kier alpha value is -2.29. The van der Waals surface area contributed by atoms with Crippen molar-refractivity contribution < 1.29 is 9.15 Å². The number of nitrogens with zero attached hydrogens (tertiary/aromatic N) is 1. The van der Waals surface area contributed by atoms with Gasteiger partial charge in [-0.3, -0.25) is 0 Å². The van der Waals surface area contributed by atoms with E-state index in [4.69, 9.17) is 9.15 Å². The molecule has 0 fully saturated rings. The summed E-state index contributed by atoms with van der Waals surface area (Å²) in [7, 11) is 0. The van der Waals surface area contributed by atoms with E-state index in [1.54, 1.807) is 0 Å². The molecule has 0 atom stereocenters. The van der Waals surface area contributed by atoms with Gasteiger partial charge >= 0.3 is 0 Å². The van der Waals surface area contributed by atoms with Crippen LogP contribution in [0.25, 0.3) is 22.6 Å². The molecule has 0 bridgehead atoms. The van der Waals surface area contributed by atoms with Gasteiger partial charge in [0, 0.05) is 5.56 Å². The van der Waals surface area contributed by atoms with Crippen LogP contribution in [0, 0.1) is 0 Å². The SMILES string of the molecule is c1ccc2oc(-c3ccc4c(c3)O4)nc2c1. The molecule has 3 nitrogen and oxygen atoms in total. The van der Waals surface area contributed by atoms with Crippen LogP contribution in [0.3, 0.4) is 0 Å². The van der Waals surface area contributed by atoms with Crippen molar-refractivity contribution in [2.24, 2.45) is 0 Å². The van der Waals surface area contributed by atoms with Crippen LogP contribution >= 0.6 is 0 Å². The van der Waals surface area contributed by atoms with E-state index in [1.165, 1.54) is 0 Å². The van der Waals surface area contributed by atoms with Gasteiger partial charge in [-0.1, -0.05) is 12.1 Å². The summed E-state index contributed by atoms with van der Waals surface area (Å²) in [5.74, 6) is 2.50. The Kier molecular flexibility index (Phi) is 1.31. The van der Waals surface area contributed by atoms with Crippen molar-refractivity contribution in [2.45, 2.75) is 0 Å². The molecule has 1 aliphatic heterocycles. The van der Waals surface area contributed by atoms with E-state index in [-0.39, 0.29) is 0 Å². The zero-order valence-corrected chi connectivity index (χ0v) is 8.31. The van der Waals surface area contributed by atoms with Gasteiger partial charge < -0.3 is 9.15 Å². The standard InChI is InChI=1S/C13H7NO2/c1-2-4-10-9(3-1)14-13(16-10)8-5-6-11-12(7-8)15-11/h1-7H. The fourth-order valence-corrected chi connectivity index (χ4v) is 1.79. The maximum Gasteiger partial charge on any atom is 0.227 e. The number of fused-ring (bicyclic) bond motifs is 2. The molecule has 1 aromatic heterocycles. The van der Waals surface area contributed by atoms with Gasteiger partial charge in [-0.25, -0.2) is 4.98 Å². The van der Waals surface area contributed by atoms with E-state index in [0.29, 0.717) is 5.89 Å². The second-order valence-electron chi connectivity index (χ2n) is 3.75. The molecule has 0 amide bonds. The highest BCUT2D eigenvalue weighted by Gasteiger charge is 2.21. The molecular weight excluding hydrogens is 202 g/mol. The van der Waals surface area contributed by atoms with Gasteiger partial charge in [0.2, 0.25) is 5.89 Å². The summed E-state index contributed by atoms with van der Waals surface area (Å²) in [4.78, 5) is 4.42. The van der Waals surface area contributed by atoms with Crippen molar-refractivity contribution in [3.05, 3.63) is 42.5 Å². The van der Waals surface area contributed by atoms with Crippen molar-refractivity contribution in [1.82, 2.24) is 4.98 Å². The fraction of sp³-hybridized carbons (Fsp3) is 0.